The van der Waals surface area contributed by atoms with E-state index in [1.54, 1.807) is 36.4 Å². The Morgan fingerprint density at radius 2 is 1.69 bits per heavy atom. The number of ether oxygens (including phenoxy) is 1. The van der Waals surface area contributed by atoms with Crippen LogP contribution < -0.4 is 10.2 Å². The third-order valence-corrected chi connectivity index (χ3v) is 6.95. The number of carbonyl (C=O) groups excluding carboxylic acids is 4. The summed E-state index contributed by atoms with van der Waals surface area (Å²) in [7, 11) is 0. The summed E-state index contributed by atoms with van der Waals surface area (Å²) in [5, 5.41) is 3.07. The molecule has 3 amide bonds. The number of imide groups is 1. The molecular formula is C24H21ClN2O5. The Morgan fingerprint density at radius 3 is 2.38 bits per heavy atom. The van der Waals surface area contributed by atoms with Gasteiger partial charge in [-0.1, -0.05) is 23.7 Å². The molecule has 5 rings (SSSR count). The summed E-state index contributed by atoms with van der Waals surface area (Å²) < 4.78 is 5.11. The van der Waals surface area contributed by atoms with Gasteiger partial charge in [0.25, 0.3) is 5.91 Å². The highest BCUT2D eigenvalue weighted by Crippen LogP contribution is 2.56. The van der Waals surface area contributed by atoms with Crippen LogP contribution in [0.2, 0.25) is 5.02 Å². The maximum absolute atomic E-state index is 13.0. The molecule has 1 aliphatic heterocycles. The molecule has 2 saturated carbocycles. The van der Waals surface area contributed by atoms with Crippen molar-refractivity contribution in [3.8, 4) is 0 Å². The quantitative estimate of drug-likeness (QED) is 0.552. The molecule has 8 heteroatoms. The smallest absolute Gasteiger partial charge is 0.338 e. The molecule has 1 N–H and O–H groups in total. The molecule has 3 aliphatic rings. The SMILES string of the molecule is O=C(COC(=O)c1cccc(N2C(=O)[C@H]3[C@H]4CC[C@@H](C4)[C@@H]3C2=O)c1)Nc1cccc(Cl)c1. The molecule has 1 heterocycles. The molecule has 2 bridgehead atoms. The lowest BCUT2D eigenvalue weighted by molar-refractivity contribution is -0.123. The molecule has 2 aliphatic carbocycles. The third-order valence-electron chi connectivity index (χ3n) is 6.71. The van der Waals surface area contributed by atoms with E-state index in [-0.39, 0.29) is 41.0 Å². The zero-order valence-corrected chi connectivity index (χ0v) is 17.9. The van der Waals surface area contributed by atoms with Gasteiger partial charge in [-0.3, -0.25) is 19.3 Å². The van der Waals surface area contributed by atoms with E-state index < -0.39 is 18.5 Å². The highest BCUT2D eigenvalue weighted by molar-refractivity contribution is 6.30. The number of nitrogens with one attached hydrogen (secondary N) is 1. The number of nitrogens with zero attached hydrogens (tertiary/aromatic N) is 1. The summed E-state index contributed by atoms with van der Waals surface area (Å²) in [4.78, 5) is 51.8. The summed E-state index contributed by atoms with van der Waals surface area (Å²) in [6, 6.07) is 12.8. The lowest BCUT2D eigenvalue weighted by atomic mass is 9.81. The van der Waals surface area contributed by atoms with E-state index in [2.05, 4.69) is 5.32 Å². The Balaban J connectivity index is 1.25. The zero-order chi connectivity index (χ0) is 22.4. The number of esters is 1. The molecule has 0 aromatic heterocycles. The number of rotatable bonds is 5. The van der Waals surface area contributed by atoms with Crippen LogP contribution in [0.3, 0.4) is 0 Å². The van der Waals surface area contributed by atoms with E-state index in [0.29, 0.717) is 16.4 Å². The molecule has 164 valence electrons. The molecule has 0 unspecified atom stereocenters. The first-order valence-electron chi connectivity index (χ1n) is 10.6. The number of hydrogen-bond donors (Lipinski definition) is 1. The molecular weight excluding hydrogens is 432 g/mol. The van der Waals surface area contributed by atoms with Crippen LogP contribution in [0.15, 0.2) is 48.5 Å². The van der Waals surface area contributed by atoms with E-state index in [4.69, 9.17) is 16.3 Å². The van der Waals surface area contributed by atoms with Crippen LogP contribution in [0.1, 0.15) is 29.6 Å². The fourth-order valence-corrected chi connectivity index (χ4v) is 5.60. The van der Waals surface area contributed by atoms with E-state index in [1.807, 2.05) is 0 Å². The fourth-order valence-electron chi connectivity index (χ4n) is 5.41. The Labute approximate surface area is 189 Å². The molecule has 7 nitrogen and oxygen atoms in total. The molecule has 1 saturated heterocycles. The standard InChI is InChI=1S/C24H21ClN2O5/c25-16-4-2-5-17(11-16)26-19(28)12-32-24(31)15-3-1-6-18(10-15)27-22(29)20-13-7-8-14(9-13)21(20)23(27)30/h1-6,10-11,13-14,20-21H,7-9,12H2,(H,26,28)/t13-,14-,20-,21-/m0/s1. The number of halogens is 1. The summed E-state index contributed by atoms with van der Waals surface area (Å²) in [5.41, 5.74) is 1.02. The summed E-state index contributed by atoms with van der Waals surface area (Å²) in [6.07, 6.45) is 2.97. The van der Waals surface area contributed by atoms with Crippen molar-refractivity contribution in [2.75, 3.05) is 16.8 Å². The minimum absolute atomic E-state index is 0.165. The second-order valence-electron chi connectivity index (χ2n) is 8.58. The van der Waals surface area contributed by atoms with Gasteiger partial charge in [0.1, 0.15) is 0 Å². The summed E-state index contributed by atoms with van der Waals surface area (Å²) in [5.74, 6) is -1.44. The van der Waals surface area contributed by atoms with Crippen LogP contribution in [0.4, 0.5) is 11.4 Å². The monoisotopic (exact) mass is 452 g/mol. The molecule has 3 fully saturated rings. The third kappa shape index (κ3) is 3.56. The van der Waals surface area contributed by atoms with Gasteiger partial charge in [-0.25, -0.2) is 4.79 Å². The van der Waals surface area contributed by atoms with Gasteiger partial charge in [0, 0.05) is 10.7 Å². The van der Waals surface area contributed by atoms with Gasteiger partial charge < -0.3 is 10.1 Å². The van der Waals surface area contributed by atoms with Crippen LogP contribution in [-0.2, 0) is 19.1 Å². The van der Waals surface area contributed by atoms with E-state index in [0.717, 1.165) is 19.3 Å². The molecule has 2 aromatic rings. The average molecular weight is 453 g/mol. The first-order valence-corrected chi connectivity index (χ1v) is 11.0. The van der Waals surface area contributed by atoms with E-state index in [1.165, 1.54) is 17.0 Å². The van der Waals surface area contributed by atoms with Crippen LogP contribution in [-0.4, -0.2) is 30.3 Å². The molecule has 2 aromatic carbocycles. The van der Waals surface area contributed by atoms with Crippen LogP contribution in [0, 0.1) is 23.7 Å². The minimum Gasteiger partial charge on any atom is -0.452 e. The Hall–Kier alpha value is -3.19. The minimum atomic E-state index is -0.715. The Kier molecular flexibility index (Phi) is 5.21. The van der Waals surface area contributed by atoms with Gasteiger partial charge >= 0.3 is 5.97 Å². The average Bonchev–Trinajstić information content (AvgIpc) is 3.46. The van der Waals surface area contributed by atoms with Gasteiger partial charge in [-0.15, -0.1) is 0 Å². The zero-order valence-electron chi connectivity index (χ0n) is 17.1. The maximum Gasteiger partial charge on any atom is 0.338 e. The fraction of sp³-hybridized carbons (Fsp3) is 0.333. The van der Waals surface area contributed by atoms with Crippen molar-refractivity contribution in [1.29, 1.82) is 0 Å². The van der Waals surface area contributed by atoms with Crippen molar-refractivity contribution in [2.24, 2.45) is 23.7 Å². The highest BCUT2D eigenvalue weighted by Gasteiger charge is 2.61. The maximum atomic E-state index is 13.0. The Morgan fingerprint density at radius 1 is 1.00 bits per heavy atom. The van der Waals surface area contributed by atoms with Crippen molar-refractivity contribution in [2.45, 2.75) is 19.3 Å². The van der Waals surface area contributed by atoms with Crippen molar-refractivity contribution in [3.05, 3.63) is 59.1 Å². The van der Waals surface area contributed by atoms with Crippen LogP contribution in [0.25, 0.3) is 0 Å². The van der Waals surface area contributed by atoms with Gasteiger partial charge in [0.15, 0.2) is 6.61 Å². The van der Waals surface area contributed by atoms with Crippen LogP contribution >= 0.6 is 11.6 Å². The second-order valence-corrected chi connectivity index (χ2v) is 9.02. The molecule has 0 radical (unpaired) electrons. The van der Waals surface area contributed by atoms with Gasteiger partial charge in [0.2, 0.25) is 11.8 Å². The highest BCUT2D eigenvalue weighted by atomic mass is 35.5. The lowest BCUT2D eigenvalue weighted by Crippen LogP contribution is -2.32. The number of carbonyl (C=O) groups is 4. The van der Waals surface area contributed by atoms with Gasteiger partial charge in [-0.05, 0) is 67.5 Å². The largest absolute Gasteiger partial charge is 0.452 e. The first-order chi connectivity index (χ1) is 15.4. The van der Waals surface area contributed by atoms with Gasteiger partial charge in [0.05, 0.1) is 23.1 Å². The predicted octanol–water partition coefficient (Wildman–Crippen LogP) is 3.67. The van der Waals surface area contributed by atoms with Crippen molar-refractivity contribution in [3.63, 3.8) is 0 Å². The molecule has 4 atom stereocenters. The van der Waals surface area contributed by atoms with Gasteiger partial charge in [-0.2, -0.15) is 0 Å². The van der Waals surface area contributed by atoms with Crippen molar-refractivity contribution < 1.29 is 23.9 Å². The lowest BCUT2D eigenvalue weighted by Gasteiger charge is -2.19. The summed E-state index contributed by atoms with van der Waals surface area (Å²) >= 11 is 5.89. The predicted molar refractivity (Wildman–Crippen MR) is 117 cm³/mol. The number of amides is 3. The number of benzene rings is 2. The molecule has 0 spiro atoms. The summed E-state index contributed by atoms with van der Waals surface area (Å²) in [6.45, 7) is -0.481. The number of anilines is 2. The van der Waals surface area contributed by atoms with Crippen LogP contribution in [0.5, 0.6) is 0 Å². The normalized spacial score (nSPS) is 25.7. The number of fused-ring (bicyclic) bond motifs is 5. The van der Waals surface area contributed by atoms with E-state index in [9.17, 15) is 19.2 Å². The topological polar surface area (TPSA) is 92.8 Å². The Bertz CT molecular complexity index is 1100. The number of hydrogen-bond acceptors (Lipinski definition) is 5. The van der Waals surface area contributed by atoms with E-state index >= 15 is 0 Å². The second kappa shape index (κ2) is 8.06. The van der Waals surface area contributed by atoms with Crippen molar-refractivity contribution in [1.82, 2.24) is 0 Å². The molecule has 32 heavy (non-hydrogen) atoms. The first kappa shape index (κ1) is 20.7. The van der Waals surface area contributed by atoms with Crippen molar-refractivity contribution >= 4 is 46.7 Å².